The molecule has 0 aliphatic heterocycles. The third-order valence-electron chi connectivity index (χ3n) is 2.37. The predicted octanol–water partition coefficient (Wildman–Crippen LogP) is 2.57. The number of carbonyl (C=O) groups excluding carboxylic acids is 1. The molecule has 1 aromatic carbocycles. The molecule has 0 aliphatic rings. The number of hydrogen-bond donors (Lipinski definition) is 2. The topological polar surface area (TPSA) is 66.9 Å². The Morgan fingerprint density at radius 1 is 1.21 bits per heavy atom. The molecule has 1 heterocycles. The molecule has 19 heavy (non-hydrogen) atoms. The van der Waals surface area contributed by atoms with Crippen molar-refractivity contribution in [2.45, 2.75) is 6.92 Å². The van der Waals surface area contributed by atoms with Crippen LogP contribution in [0.4, 0.5) is 11.5 Å². The first-order chi connectivity index (χ1) is 8.70. The fraction of sp³-hybridized carbons (Fsp3) is 0.154. The Balaban J connectivity index is 0.00000180. The molecular weight excluding hydrogens is 264 g/mol. The van der Waals surface area contributed by atoms with E-state index < -0.39 is 0 Å². The molecule has 0 unspecified atom stereocenters. The van der Waals surface area contributed by atoms with Crippen LogP contribution in [0.25, 0.3) is 11.4 Å². The van der Waals surface area contributed by atoms with Crippen molar-refractivity contribution in [3.8, 4) is 11.4 Å². The Labute approximate surface area is 117 Å². The van der Waals surface area contributed by atoms with Crippen molar-refractivity contribution in [1.82, 2.24) is 9.97 Å². The summed E-state index contributed by atoms with van der Waals surface area (Å²) in [4.78, 5) is 19.7. The summed E-state index contributed by atoms with van der Waals surface area (Å²) in [5, 5.41) is 5.62. The Kier molecular flexibility index (Phi) is 5.26. The first-order valence-electron chi connectivity index (χ1n) is 5.58. The molecule has 1 aromatic heterocycles. The highest BCUT2D eigenvalue weighted by Gasteiger charge is 2.08. The standard InChI is InChI=1S/C13H14N4O.ClH/c1-9(18)16-11-8-15-12(17-13(11)14-2)10-6-4-3-5-7-10;/h3-8H,1-2H3,(H,16,18)(H,14,15,17);1H. The minimum atomic E-state index is -0.150. The molecule has 2 aromatic rings. The average Bonchev–Trinajstić information content (AvgIpc) is 2.39. The fourth-order valence-corrected chi connectivity index (χ4v) is 1.58. The number of anilines is 2. The molecule has 0 spiro atoms. The highest BCUT2D eigenvalue weighted by molar-refractivity contribution is 5.91. The van der Waals surface area contributed by atoms with E-state index in [9.17, 15) is 4.79 Å². The predicted molar refractivity (Wildman–Crippen MR) is 78.6 cm³/mol. The van der Waals surface area contributed by atoms with Crippen LogP contribution in [-0.4, -0.2) is 22.9 Å². The molecular formula is C13H15ClN4O. The van der Waals surface area contributed by atoms with E-state index in [1.165, 1.54) is 6.92 Å². The molecule has 0 bridgehead atoms. The van der Waals surface area contributed by atoms with Gasteiger partial charge in [0.05, 0.1) is 6.20 Å². The van der Waals surface area contributed by atoms with Gasteiger partial charge in [-0.2, -0.15) is 0 Å². The summed E-state index contributed by atoms with van der Waals surface area (Å²) in [7, 11) is 1.75. The molecule has 0 radical (unpaired) electrons. The number of benzene rings is 1. The molecule has 2 rings (SSSR count). The van der Waals surface area contributed by atoms with Crippen LogP contribution in [0.3, 0.4) is 0 Å². The molecule has 2 N–H and O–H groups in total. The van der Waals surface area contributed by atoms with E-state index in [0.29, 0.717) is 17.3 Å². The lowest BCUT2D eigenvalue weighted by molar-refractivity contribution is -0.114. The number of aromatic nitrogens is 2. The summed E-state index contributed by atoms with van der Waals surface area (Å²) in [6.45, 7) is 1.45. The number of nitrogens with zero attached hydrogens (tertiary/aromatic N) is 2. The van der Waals surface area contributed by atoms with Gasteiger partial charge in [0.25, 0.3) is 0 Å². The van der Waals surface area contributed by atoms with E-state index in [1.807, 2.05) is 30.3 Å². The van der Waals surface area contributed by atoms with E-state index >= 15 is 0 Å². The second kappa shape index (κ2) is 6.70. The molecule has 0 fully saturated rings. The smallest absolute Gasteiger partial charge is 0.221 e. The Bertz CT molecular complexity index is 560. The number of halogens is 1. The number of carbonyl (C=O) groups is 1. The van der Waals surface area contributed by atoms with E-state index in [1.54, 1.807) is 13.2 Å². The van der Waals surface area contributed by atoms with Crippen LogP contribution in [0.5, 0.6) is 0 Å². The molecule has 5 nitrogen and oxygen atoms in total. The Morgan fingerprint density at radius 3 is 2.47 bits per heavy atom. The first-order valence-corrected chi connectivity index (χ1v) is 5.58. The normalized spacial score (nSPS) is 9.37. The van der Waals surface area contributed by atoms with Gasteiger partial charge in [-0.3, -0.25) is 4.79 Å². The zero-order chi connectivity index (χ0) is 13.0. The van der Waals surface area contributed by atoms with Crippen LogP contribution >= 0.6 is 12.4 Å². The fourth-order valence-electron chi connectivity index (χ4n) is 1.58. The van der Waals surface area contributed by atoms with Crippen LogP contribution in [0.2, 0.25) is 0 Å². The van der Waals surface area contributed by atoms with E-state index in [2.05, 4.69) is 20.6 Å². The van der Waals surface area contributed by atoms with Crippen LogP contribution in [-0.2, 0) is 4.79 Å². The second-order valence-corrected chi connectivity index (χ2v) is 3.75. The zero-order valence-corrected chi connectivity index (χ0v) is 11.5. The minimum Gasteiger partial charge on any atom is -0.371 e. The molecule has 0 aliphatic carbocycles. The zero-order valence-electron chi connectivity index (χ0n) is 10.7. The van der Waals surface area contributed by atoms with Gasteiger partial charge in [0, 0.05) is 19.5 Å². The lowest BCUT2D eigenvalue weighted by Crippen LogP contribution is -2.10. The third kappa shape index (κ3) is 3.66. The second-order valence-electron chi connectivity index (χ2n) is 3.75. The van der Waals surface area contributed by atoms with E-state index in [4.69, 9.17) is 0 Å². The summed E-state index contributed by atoms with van der Waals surface area (Å²) < 4.78 is 0. The summed E-state index contributed by atoms with van der Waals surface area (Å²) >= 11 is 0. The van der Waals surface area contributed by atoms with Crippen molar-refractivity contribution >= 4 is 29.8 Å². The molecule has 1 amide bonds. The van der Waals surface area contributed by atoms with Gasteiger partial charge < -0.3 is 10.6 Å². The van der Waals surface area contributed by atoms with Crippen molar-refractivity contribution < 1.29 is 4.79 Å². The molecule has 0 saturated carbocycles. The van der Waals surface area contributed by atoms with Gasteiger partial charge in [-0.05, 0) is 0 Å². The van der Waals surface area contributed by atoms with E-state index in [-0.39, 0.29) is 18.3 Å². The Morgan fingerprint density at radius 2 is 1.89 bits per heavy atom. The lowest BCUT2D eigenvalue weighted by Gasteiger charge is -2.09. The van der Waals surface area contributed by atoms with Gasteiger partial charge in [-0.1, -0.05) is 30.3 Å². The summed E-state index contributed by atoms with van der Waals surface area (Å²) in [5.74, 6) is 1.07. The third-order valence-corrected chi connectivity index (χ3v) is 2.37. The van der Waals surface area contributed by atoms with Crippen molar-refractivity contribution in [3.05, 3.63) is 36.5 Å². The van der Waals surface area contributed by atoms with Gasteiger partial charge in [-0.15, -0.1) is 12.4 Å². The average molecular weight is 279 g/mol. The van der Waals surface area contributed by atoms with Crippen molar-refractivity contribution in [3.63, 3.8) is 0 Å². The maximum atomic E-state index is 11.0. The van der Waals surface area contributed by atoms with Gasteiger partial charge in [-0.25, -0.2) is 9.97 Å². The molecule has 6 heteroatoms. The maximum Gasteiger partial charge on any atom is 0.221 e. The number of nitrogens with one attached hydrogen (secondary N) is 2. The molecule has 100 valence electrons. The largest absolute Gasteiger partial charge is 0.371 e. The maximum absolute atomic E-state index is 11.0. The Hall–Kier alpha value is -2.14. The monoisotopic (exact) mass is 278 g/mol. The van der Waals surface area contributed by atoms with Crippen LogP contribution < -0.4 is 10.6 Å². The molecule has 0 atom stereocenters. The summed E-state index contributed by atoms with van der Waals surface area (Å²) in [6.07, 6.45) is 1.60. The van der Waals surface area contributed by atoms with Crippen LogP contribution in [0, 0.1) is 0 Å². The highest BCUT2D eigenvalue weighted by Crippen LogP contribution is 2.22. The minimum absolute atomic E-state index is 0. The first kappa shape index (κ1) is 14.9. The van der Waals surface area contributed by atoms with E-state index in [0.717, 1.165) is 5.56 Å². The van der Waals surface area contributed by atoms with Crippen molar-refractivity contribution in [2.75, 3.05) is 17.7 Å². The van der Waals surface area contributed by atoms with Gasteiger partial charge >= 0.3 is 0 Å². The number of hydrogen-bond acceptors (Lipinski definition) is 4. The molecule has 0 saturated heterocycles. The van der Waals surface area contributed by atoms with Gasteiger partial charge in [0.2, 0.25) is 5.91 Å². The summed E-state index contributed by atoms with van der Waals surface area (Å²) in [6, 6.07) is 9.67. The summed E-state index contributed by atoms with van der Waals surface area (Å²) in [5.41, 5.74) is 1.51. The lowest BCUT2D eigenvalue weighted by atomic mass is 10.2. The quantitative estimate of drug-likeness (QED) is 0.905. The van der Waals surface area contributed by atoms with Gasteiger partial charge in [0.15, 0.2) is 11.6 Å². The van der Waals surface area contributed by atoms with Crippen molar-refractivity contribution in [1.29, 1.82) is 0 Å². The number of amides is 1. The van der Waals surface area contributed by atoms with Crippen molar-refractivity contribution in [2.24, 2.45) is 0 Å². The van der Waals surface area contributed by atoms with Gasteiger partial charge in [0.1, 0.15) is 5.69 Å². The highest BCUT2D eigenvalue weighted by atomic mass is 35.5. The van der Waals surface area contributed by atoms with Crippen LogP contribution in [0.1, 0.15) is 6.92 Å². The number of rotatable bonds is 3. The SMILES string of the molecule is CNc1nc(-c2ccccc2)ncc1NC(C)=O.Cl. The van der Waals surface area contributed by atoms with Crippen LogP contribution in [0.15, 0.2) is 36.5 Å².